The quantitative estimate of drug-likeness (QED) is 0.518. The van der Waals surface area contributed by atoms with Crippen LogP contribution in [0.15, 0.2) is 69.3 Å². The Bertz CT molecular complexity index is 616. The fraction of sp³-hybridized carbons (Fsp3) is 0. The average Bonchev–Trinajstić information content (AvgIpc) is 2.42. The summed E-state index contributed by atoms with van der Waals surface area (Å²) in [6.07, 6.45) is 0. The van der Waals surface area contributed by atoms with Crippen LogP contribution in [0.3, 0.4) is 0 Å². The second-order valence-corrected chi connectivity index (χ2v) is 4.67. The number of rotatable bonds is 3. The van der Waals surface area contributed by atoms with E-state index in [0.29, 0.717) is 5.71 Å². The molecule has 19 heavy (non-hydrogen) atoms. The normalized spacial score (nSPS) is 11.1. The summed E-state index contributed by atoms with van der Waals surface area (Å²) in [5.41, 5.74) is 13.3. The van der Waals surface area contributed by atoms with E-state index in [-0.39, 0.29) is 5.96 Å². The van der Waals surface area contributed by atoms with Crippen LogP contribution in [0.5, 0.6) is 0 Å². The molecule has 0 bridgehead atoms. The Morgan fingerprint density at radius 2 is 1.47 bits per heavy atom. The van der Waals surface area contributed by atoms with Gasteiger partial charge in [-0.15, -0.1) is 10.2 Å². The third kappa shape index (κ3) is 3.42. The molecule has 0 amide bonds. The first-order chi connectivity index (χ1) is 9.18. The highest BCUT2D eigenvalue weighted by atomic mass is 79.9. The maximum absolute atomic E-state index is 5.34. The second-order valence-electron chi connectivity index (χ2n) is 3.82. The molecular weight excluding hydrogens is 304 g/mol. The van der Waals surface area contributed by atoms with Crippen LogP contribution in [0, 0.1) is 0 Å². The summed E-state index contributed by atoms with van der Waals surface area (Å²) in [5.74, 6) is -0.0690. The maximum atomic E-state index is 5.34. The van der Waals surface area contributed by atoms with Gasteiger partial charge in [0.2, 0.25) is 5.96 Å². The van der Waals surface area contributed by atoms with Crippen LogP contribution in [0.25, 0.3) is 0 Å². The van der Waals surface area contributed by atoms with Crippen molar-refractivity contribution in [3.63, 3.8) is 0 Å². The molecule has 0 fully saturated rings. The molecule has 0 radical (unpaired) electrons. The zero-order chi connectivity index (χ0) is 13.7. The highest BCUT2D eigenvalue weighted by Gasteiger charge is 2.09. The highest BCUT2D eigenvalue weighted by molar-refractivity contribution is 9.10. The van der Waals surface area contributed by atoms with Crippen LogP contribution in [-0.4, -0.2) is 11.7 Å². The van der Waals surface area contributed by atoms with E-state index in [1.165, 1.54) is 0 Å². The van der Waals surface area contributed by atoms with E-state index >= 15 is 0 Å². The summed E-state index contributed by atoms with van der Waals surface area (Å²) in [4.78, 5) is 0. The van der Waals surface area contributed by atoms with Gasteiger partial charge in [0.25, 0.3) is 0 Å². The number of halogens is 1. The van der Waals surface area contributed by atoms with E-state index in [1.54, 1.807) is 0 Å². The molecule has 0 aliphatic heterocycles. The number of nitrogens with zero attached hydrogens (tertiary/aromatic N) is 2. The summed E-state index contributed by atoms with van der Waals surface area (Å²) in [5, 5.41) is 7.91. The molecule has 0 saturated heterocycles. The van der Waals surface area contributed by atoms with Gasteiger partial charge in [0.1, 0.15) is 5.71 Å². The molecule has 4 N–H and O–H groups in total. The third-order valence-electron chi connectivity index (χ3n) is 2.44. The van der Waals surface area contributed by atoms with Crippen molar-refractivity contribution in [1.29, 1.82) is 0 Å². The molecule has 0 unspecified atom stereocenters. The molecule has 4 nitrogen and oxygen atoms in total. The largest absolute Gasteiger partial charge is 0.369 e. The van der Waals surface area contributed by atoms with Crippen LogP contribution < -0.4 is 11.5 Å². The van der Waals surface area contributed by atoms with E-state index in [1.807, 2.05) is 54.6 Å². The summed E-state index contributed by atoms with van der Waals surface area (Å²) < 4.78 is 0.934. The van der Waals surface area contributed by atoms with Gasteiger partial charge in [0.05, 0.1) is 0 Å². The highest BCUT2D eigenvalue weighted by Crippen LogP contribution is 2.20. The Morgan fingerprint density at radius 1 is 0.842 bits per heavy atom. The van der Waals surface area contributed by atoms with E-state index in [9.17, 15) is 0 Å². The van der Waals surface area contributed by atoms with Crippen LogP contribution in [0.4, 0.5) is 0 Å². The van der Waals surface area contributed by atoms with Gasteiger partial charge in [0, 0.05) is 15.6 Å². The number of hydrogen-bond acceptors (Lipinski definition) is 2. The predicted molar refractivity (Wildman–Crippen MR) is 82.0 cm³/mol. The van der Waals surface area contributed by atoms with Crippen LogP contribution >= 0.6 is 15.9 Å². The Balaban J connectivity index is 2.57. The lowest BCUT2D eigenvalue weighted by molar-refractivity contribution is 1.20. The summed E-state index contributed by atoms with van der Waals surface area (Å²) in [6, 6.07) is 17.5. The minimum Gasteiger partial charge on any atom is -0.369 e. The Morgan fingerprint density at radius 3 is 2.11 bits per heavy atom. The van der Waals surface area contributed by atoms with Crippen molar-refractivity contribution in [1.82, 2.24) is 0 Å². The average molecular weight is 317 g/mol. The van der Waals surface area contributed by atoms with Gasteiger partial charge in [-0.25, -0.2) is 0 Å². The molecule has 0 saturated carbocycles. The van der Waals surface area contributed by atoms with Gasteiger partial charge in [-0.1, -0.05) is 64.5 Å². The number of benzene rings is 2. The molecule has 5 heteroatoms. The molecule has 2 aromatic rings. The fourth-order valence-corrected chi connectivity index (χ4v) is 2.10. The fourth-order valence-electron chi connectivity index (χ4n) is 1.62. The van der Waals surface area contributed by atoms with E-state index in [2.05, 4.69) is 26.1 Å². The summed E-state index contributed by atoms with van der Waals surface area (Å²) in [7, 11) is 0. The number of hydrogen-bond donors (Lipinski definition) is 2. The van der Waals surface area contributed by atoms with Crippen LogP contribution in [0.1, 0.15) is 11.1 Å². The van der Waals surface area contributed by atoms with Gasteiger partial charge < -0.3 is 11.5 Å². The van der Waals surface area contributed by atoms with Crippen LogP contribution in [0.2, 0.25) is 0 Å². The standard InChI is InChI=1S/C14H13BrN4/c15-12-9-5-4-8-11(12)13(18-19-14(16)17)10-6-2-1-3-7-10/h1-9H,(H4,16,17,19)/b18-13-. The molecule has 0 aromatic heterocycles. The number of guanidine groups is 1. The Labute approximate surface area is 120 Å². The molecule has 0 aliphatic carbocycles. The van der Waals surface area contributed by atoms with Crippen molar-refractivity contribution < 1.29 is 0 Å². The summed E-state index contributed by atoms with van der Waals surface area (Å²) >= 11 is 3.51. The predicted octanol–water partition coefficient (Wildman–Crippen LogP) is 2.47. The van der Waals surface area contributed by atoms with Crippen molar-refractivity contribution in [3.8, 4) is 0 Å². The Hall–Kier alpha value is -2.14. The Kier molecular flexibility index (Phi) is 4.30. The van der Waals surface area contributed by atoms with Gasteiger partial charge in [-0.05, 0) is 6.07 Å². The smallest absolute Gasteiger partial charge is 0.211 e. The van der Waals surface area contributed by atoms with Crippen molar-refractivity contribution in [2.24, 2.45) is 21.7 Å². The zero-order valence-electron chi connectivity index (χ0n) is 10.1. The molecule has 96 valence electrons. The summed E-state index contributed by atoms with van der Waals surface area (Å²) in [6.45, 7) is 0. The van der Waals surface area contributed by atoms with Crippen molar-refractivity contribution in [2.45, 2.75) is 0 Å². The van der Waals surface area contributed by atoms with Gasteiger partial charge in [-0.2, -0.15) is 0 Å². The topological polar surface area (TPSA) is 76.8 Å². The van der Waals surface area contributed by atoms with Gasteiger partial charge in [-0.3, -0.25) is 0 Å². The van der Waals surface area contributed by atoms with E-state index < -0.39 is 0 Å². The number of nitrogens with two attached hydrogens (primary N) is 2. The lowest BCUT2D eigenvalue weighted by Gasteiger charge is -2.07. The maximum Gasteiger partial charge on any atom is 0.211 e. The minimum atomic E-state index is -0.0690. The van der Waals surface area contributed by atoms with Crippen molar-refractivity contribution in [3.05, 3.63) is 70.2 Å². The zero-order valence-corrected chi connectivity index (χ0v) is 11.7. The van der Waals surface area contributed by atoms with E-state index in [4.69, 9.17) is 11.5 Å². The van der Waals surface area contributed by atoms with Crippen LogP contribution in [-0.2, 0) is 0 Å². The van der Waals surface area contributed by atoms with Gasteiger partial charge >= 0.3 is 0 Å². The molecule has 2 rings (SSSR count). The van der Waals surface area contributed by atoms with Gasteiger partial charge in [0.15, 0.2) is 0 Å². The molecule has 2 aromatic carbocycles. The van der Waals surface area contributed by atoms with Crippen molar-refractivity contribution in [2.75, 3.05) is 0 Å². The first kappa shape index (κ1) is 13.3. The second kappa shape index (κ2) is 6.15. The molecule has 0 heterocycles. The first-order valence-corrected chi connectivity index (χ1v) is 6.44. The van der Waals surface area contributed by atoms with E-state index in [0.717, 1.165) is 15.6 Å². The molecular formula is C14H13BrN4. The minimum absolute atomic E-state index is 0.0690. The lowest BCUT2D eigenvalue weighted by atomic mass is 10.0. The third-order valence-corrected chi connectivity index (χ3v) is 3.13. The molecule has 0 spiro atoms. The SMILES string of the molecule is NC(N)=N/N=C(/c1ccccc1)c1ccccc1Br. The lowest BCUT2D eigenvalue weighted by Crippen LogP contribution is -2.22. The molecule has 0 aliphatic rings. The monoisotopic (exact) mass is 316 g/mol. The molecule has 0 atom stereocenters. The first-order valence-electron chi connectivity index (χ1n) is 5.65. The van der Waals surface area contributed by atoms with Crippen molar-refractivity contribution >= 4 is 27.6 Å².